The minimum atomic E-state index is -0.0750. The normalized spacial score (nSPS) is 31.8. The third-order valence-corrected chi connectivity index (χ3v) is 4.98. The van der Waals surface area contributed by atoms with Crippen molar-refractivity contribution in [3.05, 3.63) is 35.9 Å². The molecule has 0 aromatic heterocycles. The van der Waals surface area contributed by atoms with E-state index in [0.717, 1.165) is 13.1 Å². The molecule has 1 aromatic carbocycles. The summed E-state index contributed by atoms with van der Waals surface area (Å²) in [4.78, 5) is 14.4. The highest BCUT2D eigenvalue weighted by molar-refractivity contribution is 5.77. The fourth-order valence-electron chi connectivity index (χ4n) is 3.75. The standard InChI is InChI=1S/C16H21NO2/c1-16(2)12-10-17(9-11-7-5-4-6-8-11)14(13(12)16)15(18)19-3/h4-8,12-14H,9-10H2,1-3H3. The van der Waals surface area contributed by atoms with Gasteiger partial charge >= 0.3 is 5.97 Å². The monoisotopic (exact) mass is 259 g/mol. The van der Waals surface area contributed by atoms with Gasteiger partial charge in [0.25, 0.3) is 0 Å². The van der Waals surface area contributed by atoms with Crippen LogP contribution in [0.15, 0.2) is 30.3 Å². The summed E-state index contributed by atoms with van der Waals surface area (Å²) < 4.78 is 5.01. The van der Waals surface area contributed by atoms with Gasteiger partial charge in [0.15, 0.2) is 0 Å². The van der Waals surface area contributed by atoms with Gasteiger partial charge in [0, 0.05) is 13.1 Å². The number of ether oxygens (including phenoxy) is 1. The second kappa shape index (κ2) is 4.34. The van der Waals surface area contributed by atoms with Gasteiger partial charge < -0.3 is 4.74 Å². The first kappa shape index (κ1) is 12.7. The number of nitrogens with zero attached hydrogens (tertiary/aromatic N) is 1. The summed E-state index contributed by atoms with van der Waals surface area (Å²) in [5, 5.41) is 0. The molecule has 3 unspecified atom stereocenters. The van der Waals surface area contributed by atoms with Crippen molar-refractivity contribution in [1.29, 1.82) is 0 Å². The molecule has 1 saturated heterocycles. The number of carbonyl (C=O) groups is 1. The molecule has 1 aromatic rings. The van der Waals surface area contributed by atoms with E-state index in [0.29, 0.717) is 17.3 Å². The third kappa shape index (κ3) is 1.96. The van der Waals surface area contributed by atoms with Gasteiger partial charge in [-0.25, -0.2) is 0 Å². The summed E-state index contributed by atoms with van der Waals surface area (Å²) in [5.74, 6) is 1.03. The Morgan fingerprint density at radius 1 is 1.37 bits per heavy atom. The second-order valence-electron chi connectivity index (χ2n) is 6.34. The molecule has 0 N–H and O–H groups in total. The Morgan fingerprint density at radius 3 is 2.68 bits per heavy atom. The molecule has 0 bridgehead atoms. The zero-order chi connectivity index (χ0) is 13.6. The fourth-order valence-corrected chi connectivity index (χ4v) is 3.75. The quantitative estimate of drug-likeness (QED) is 0.780. The van der Waals surface area contributed by atoms with Gasteiger partial charge in [-0.2, -0.15) is 0 Å². The molecule has 0 spiro atoms. The number of esters is 1. The molecule has 3 nitrogen and oxygen atoms in total. The summed E-state index contributed by atoms with van der Waals surface area (Å²) in [6.45, 7) is 6.37. The number of methoxy groups -OCH3 is 1. The van der Waals surface area contributed by atoms with Gasteiger partial charge in [0.1, 0.15) is 6.04 Å². The molecule has 3 heteroatoms. The van der Waals surface area contributed by atoms with Gasteiger partial charge in [-0.05, 0) is 22.8 Å². The summed E-state index contributed by atoms with van der Waals surface area (Å²) in [6, 6.07) is 10.3. The SMILES string of the molecule is COC(=O)C1C2C(CN1Cc1ccccc1)C2(C)C. The fraction of sp³-hybridized carbons (Fsp3) is 0.562. The van der Waals surface area contributed by atoms with E-state index in [1.165, 1.54) is 12.7 Å². The first-order valence-electron chi connectivity index (χ1n) is 6.91. The lowest BCUT2D eigenvalue weighted by atomic mass is 10.0. The van der Waals surface area contributed by atoms with E-state index in [1.54, 1.807) is 0 Å². The average molecular weight is 259 g/mol. The van der Waals surface area contributed by atoms with Crippen LogP contribution in [0, 0.1) is 17.3 Å². The van der Waals surface area contributed by atoms with E-state index in [1.807, 2.05) is 18.2 Å². The Bertz CT molecular complexity index is 483. The summed E-state index contributed by atoms with van der Waals surface area (Å²) in [7, 11) is 1.49. The lowest BCUT2D eigenvalue weighted by Crippen LogP contribution is -2.42. The lowest BCUT2D eigenvalue weighted by molar-refractivity contribution is -0.147. The van der Waals surface area contributed by atoms with Gasteiger partial charge in [0.2, 0.25) is 0 Å². The lowest BCUT2D eigenvalue weighted by Gasteiger charge is -2.28. The van der Waals surface area contributed by atoms with Crippen molar-refractivity contribution in [3.63, 3.8) is 0 Å². The largest absolute Gasteiger partial charge is 0.468 e. The predicted octanol–water partition coefficient (Wildman–Crippen LogP) is 2.32. The number of likely N-dealkylation sites (tertiary alicyclic amines) is 1. The van der Waals surface area contributed by atoms with Crippen molar-refractivity contribution >= 4 is 5.97 Å². The average Bonchev–Trinajstić information content (AvgIpc) is 2.76. The van der Waals surface area contributed by atoms with Crippen molar-refractivity contribution in [2.45, 2.75) is 26.4 Å². The zero-order valence-corrected chi connectivity index (χ0v) is 11.8. The summed E-state index contributed by atoms with van der Waals surface area (Å²) in [6.07, 6.45) is 0. The first-order valence-corrected chi connectivity index (χ1v) is 6.91. The van der Waals surface area contributed by atoms with Crippen molar-refractivity contribution in [1.82, 2.24) is 4.90 Å². The van der Waals surface area contributed by atoms with Crippen molar-refractivity contribution in [2.75, 3.05) is 13.7 Å². The Labute approximate surface area is 114 Å². The second-order valence-corrected chi connectivity index (χ2v) is 6.34. The van der Waals surface area contributed by atoms with Crippen molar-refractivity contribution in [3.8, 4) is 0 Å². The molecule has 1 heterocycles. The summed E-state index contributed by atoms with van der Waals surface area (Å²) in [5.41, 5.74) is 1.56. The molecule has 1 saturated carbocycles. The van der Waals surface area contributed by atoms with Crippen LogP contribution in [0.5, 0.6) is 0 Å². The van der Waals surface area contributed by atoms with Gasteiger partial charge in [0.05, 0.1) is 7.11 Å². The predicted molar refractivity (Wildman–Crippen MR) is 73.4 cm³/mol. The first-order chi connectivity index (χ1) is 9.05. The van der Waals surface area contributed by atoms with Crippen LogP contribution in [-0.2, 0) is 16.1 Å². The highest BCUT2D eigenvalue weighted by atomic mass is 16.5. The number of fused-ring (bicyclic) bond motifs is 1. The van der Waals surface area contributed by atoms with Crippen LogP contribution >= 0.6 is 0 Å². The third-order valence-electron chi connectivity index (χ3n) is 4.98. The zero-order valence-electron chi connectivity index (χ0n) is 11.8. The number of piperidine rings is 1. The molecule has 102 valence electrons. The van der Waals surface area contributed by atoms with Gasteiger partial charge in [-0.1, -0.05) is 44.2 Å². The molecule has 0 amide bonds. The van der Waals surface area contributed by atoms with Gasteiger partial charge in [-0.15, -0.1) is 0 Å². The van der Waals surface area contributed by atoms with E-state index in [9.17, 15) is 4.79 Å². The maximum Gasteiger partial charge on any atom is 0.323 e. The number of carbonyl (C=O) groups excluding carboxylic acids is 1. The Hall–Kier alpha value is -1.35. The van der Waals surface area contributed by atoms with Crippen LogP contribution in [0.1, 0.15) is 19.4 Å². The van der Waals surface area contributed by atoms with Crippen LogP contribution in [0.2, 0.25) is 0 Å². The number of benzene rings is 1. The number of hydrogen-bond donors (Lipinski definition) is 0. The molecule has 19 heavy (non-hydrogen) atoms. The molecule has 3 atom stereocenters. The molecular weight excluding hydrogens is 238 g/mol. The maximum absolute atomic E-state index is 12.1. The molecule has 1 aliphatic carbocycles. The smallest absolute Gasteiger partial charge is 0.323 e. The summed E-state index contributed by atoms with van der Waals surface area (Å²) >= 11 is 0. The molecule has 2 aliphatic rings. The molecule has 2 fully saturated rings. The highest BCUT2D eigenvalue weighted by Gasteiger charge is 2.68. The topological polar surface area (TPSA) is 29.5 Å². The van der Waals surface area contributed by atoms with Crippen molar-refractivity contribution in [2.24, 2.45) is 17.3 Å². The minimum Gasteiger partial charge on any atom is -0.468 e. The van der Waals surface area contributed by atoms with Crippen LogP contribution in [-0.4, -0.2) is 30.6 Å². The van der Waals surface area contributed by atoms with E-state index in [2.05, 4.69) is 30.9 Å². The Morgan fingerprint density at radius 2 is 2.05 bits per heavy atom. The van der Waals surface area contributed by atoms with E-state index in [-0.39, 0.29) is 12.0 Å². The van der Waals surface area contributed by atoms with E-state index in [4.69, 9.17) is 4.74 Å². The number of hydrogen-bond acceptors (Lipinski definition) is 3. The van der Waals surface area contributed by atoms with E-state index < -0.39 is 0 Å². The molecule has 3 rings (SSSR count). The van der Waals surface area contributed by atoms with E-state index >= 15 is 0 Å². The Balaban J connectivity index is 1.77. The minimum absolute atomic E-state index is 0.0646. The maximum atomic E-state index is 12.1. The van der Waals surface area contributed by atoms with Crippen LogP contribution in [0.25, 0.3) is 0 Å². The molecule has 1 aliphatic heterocycles. The number of rotatable bonds is 3. The molecule has 0 radical (unpaired) electrons. The Kier molecular flexibility index (Phi) is 2.90. The van der Waals surface area contributed by atoms with Crippen LogP contribution < -0.4 is 0 Å². The van der Waals surface area contributed by atoms with Crippen LogP contribution in [0.4, 0.5) is 0 Å². The van der Waals surface area contributed by atoms with Gasteiger partial charge in [-0.3, -0.25) is 9.69 Å². The highest BCUT2D eigenvalue weighted by Crippen LogP contribution is 2.65. The van der Waals surface area contributed by atoms with Crippen LogP contribution in [0.3, 0.4) is 0 Å². The van der Waals surface area contributed by atoms with Crippen molar-refractivity contribution < 1.29 is 9.53 Å². The molecular formula is C16H21NO2.